The van der Waals surface area contributed by atoms with E-state index in [4.69, 9.17) is 12.2 Å². The van der Waals surface area contributed by atoms with E-state index in [2.05, 4.69) is 44.1 Å². The Kier molecular flexibility index (Phi) is 5.80. The lowest BCUT2D eigenvalue weighted by molar-refractivity contribution is -0.808. The van der Waals surface area contributed by atoms with Crippen LogP contribution in [0.15, 0.2) is 29.2 Å². The van der Waals surface area contributed by atoms with Gasteiger partial charge >= 0.3 is 0 Å². The molecule has 1 aliphatic heterocycles. The van der Waals surface area contributed by atoms with E-state index in [0.29, 0.717) is 0 Å². The summed E-state index contributed by atoms with van der Waals surface area (Å²) in [6, 6.07) is 8.17. The second-order valence-electron chi connectivity index (χ2n) is 5.82. The van der Waals surface area contributed by atoms with Gasteiger partial charge in [-0.3, -0.25) is 10.1 Å². The minimum atomic E-state index is -0.156. The van der Waals surface area contributed by atoms with Crippen molar-refractivity contribution < 1.29 is 9.95 Å². The third-order valence-electron chi connectivity index (χ3n) is 3.61. The number of rotatable bonds is 5. The summed E-state index contributed by atoms with van der Waals surface area (Å²) in [6.07, 6.45) is 4.70. The van der Waals surface area contributed by atoms with E-state index in [9.17, 15) is 5.21 Å². The molecule has 1 fully saturated rings. The highest BCUT2D eigenvalue weighted by molar-refractivity contribution is 8.24. The summed E-state index contributed by atoms with van der Waals surface area (Å²) in [5, 5.41) is 10.6. The van der Waals surface area contributed by atoms with Gasteiger partial charge in [0.15, 0.2) is 0 Å². The summed E-state index contributed by atoms with van der Waals surface area (Å²) in [5.74, 6) is 0. The molecule has 0 radical (unpaired) electrons. The molecule has 0 bridgehead atoms. The molecule has 3 nitrogen and oxygen atoms in total. The maximum Gasteiger partial charge on any atom is 0.292 e. The van der Waals surface area contributed by atoms with E-state index < -0.39 is 0 Å². The van der Waals surface area contributed by atoms with Crippen molar-refractivity contribution in [3.05, 3.63) is 29.8 Å². The monoisotopic (exact) mass is 355 g/mol. The highest BCUT2D eigenvalue weighted by Crippen LogP contribution is 2.41. The van der Waals surface area contributed by atoms with Crippen molar-refractivity contribution in [2.45, 2.75) is 43.0 Å². The van der Waals surface area contributed by atoms with E-state index in [1.807, 2.05) is 12.1 Å². The van der Waals surface area contributed by atoms with Gasteiger partial charge in [-0.05, 0) is 55.5 Å². The summed E-state index contributed by atoms with van der Waals surface area (Å²) < 4.78 is 2.02. The number of hydrogen-bond acceptors (Lipinski definition) is 4. The predicted octanol–water partition coefficient (Wildman–Crippen LogP) is 4.08. The lowest BCUT2D eigenvalue weighted by Crippen LogP contribution is -2.48. The number of thiocarbonyl (C=S) groups is 1. The van der Waals surface area contributed by atoms with Crippen LogP contribution in [-0.4, -0.2) is 49.1 Å². The Labute approximate surface area is 146 Å². The number of benzene rings is 1. The number of hydrogen-bond donors (Lipinski definition) is 1. The van der Waals surface area contributed by atoms with Crippen LogP contribution in [0.4, 0.5) is 0 Å². The first-order valence-corrected chi connectivity index (χ1v) is 9.79. The Morgan fingerprint density at radius 1 is 1.41 bits per heavy atom. The standard InChI is InChI=1S/C16H23N2OS3/c1-5-10-17-14(16(2,3)22-15(17)20)18(19)11-12-6-8-13(21-4)9-7-12/h6-9,11,14,19H,5,10H2,1-4H3/q+1. The van der Waals surface area contributed by atoms with Gasteiger partial charge in [0.25, 0.3) is 6.17 Å². The Morgan fingerprint density at radius 2 is 2.05 bits per heavy atom. The van der Waals surface area contributed by atoms with Gasteiger partial charge in [-0.15, -0.1) is 11.8 Å². The van der Waals surface area contributed by atoms with E-state index in [-0.39, 0.29) is 10.9 Å². The van der Waals surface area contributed by atoms with Crippen LogP contribution in [0.1, 0.15) is 32.8 Å². The number of thioether (sulfide) groups is 2. The van der Waals surface area contributed by atoms with Crippen molar-refractivity contribution in [1.82, 2.24) is 4.90 Å². The van der Waals surface area contributed by atoms with Crippen molar-refractivity contribution in [2.75, 3.05) is 12.8 Å². The van der Waals surface area contributed by atoms with Crippen LogP contribution >= 0.6 is 35.7 Å². The Balaban J connectivity index is 2.29. The largest absolute Gasteiger partial charge is 0.295 e. The first-order valence-electron chi connectivity index (χ1n) is 7.35. The van der Waals surface area contributed by atoms with Gasteiger partial charge in [-0.2, -0.15) is 0 Å². The van der Waals surface area contributed by atoms with E-state index in [1.54, 1.807) is 29.7 Å². The minimum Gasteiger partial charge on any atom is -0.295 e. The van der Waals surface area contributed by atoms with Gasteiger partial charge in [0.1, 0.15) is 9.07 Å². The fourth-order valence-electron chi connectivity index (χ4n) is 2.64. The van der Waals surface area contributed by atoms with Crippen LogP contribution < -0.4 is 0 Å². The fourth-order valence-corrected chi connectivity index (χ4v) is 4.98. The maximum absolute atomic E-state index is 10.6. The van der Waals surface area contributed by atoms with Gasteiger partial charge in [0, 0.05) is 17.0 Å². The molecule has 22 heavy (non-hydrogen) atoms. The molecule has 1 heterocycles. The van der Waals surface area contributed by atoms with Crippen LogP contribution in [-0.2, 0) is 0 Å². The van der Waals surface area contributed by atoms with E-state index >= 15 is 0 Å². The third-order valence-corrected chi connectivity index (χ3v) is 5.99. The molecular formula is C16H23N2OS3+. The maximum atomic E-state index is 10.6. The zero-order valence-corrected chi connectivity index (χ0v) is 15.9. The van der Waals surface area contributed by atoms with Gasteiger partial charge in [-0.25, -0.2) is 0 Å². The average Bonchev–Trinajstić information content (AvgIpc) is 2.69. The summed E-state index contributed by atoms with van der Waals surface area (Å²) >= 11 is 8.85. The molecule has 0 aliphatic carbocycles. The highest BCUT2D eigenvalue weighted by Gasteiger charge is 2.52. The topological polar surface area (TPSA) is 26.5 Å². The first kappa shape index (κ1) is 17.6. The Hall–Kier alpha value is -0.720. The number of hydroxylamine groups is 1. The van der Waals surface area contributed by atoms with Crippen LogP contribution in [0.3, 0.4) is 0 Å². The molecule has 0 aromatic heterocycles. The van der Waals surface area contributed by atoms with Gasteiger partial charge in [-0.1, -0.05) is 30.9 Å². The fraction of sp³-hybridized carbons (Fsp3) is 0.500. The molecule has 1 aromatic rings. The molecule has 1 saturated heterocycles. The normalized spacial score (nSPS) is 21.5. The molecule has 0 spiro atoms. The van der Waals surface area contributed by atoms with Crippen LogP contribution in [0.5, 0.6) is 0 Å². The average molecular weight is 356 g/mol. The Bertz CT molecular complexity index is 569. The van der Waals surface area contributed by atoms with Crippen molar-refractivity contribution in [3.63, 3.8) is 0 Å². The second-order valence-corrected chi connectivity index (χ2v) is 8.99. The molecule has 1 aromatic carbocycles. The van der Waals surface area contributed by atoms with Crippen molar-refractivity contribution in [1.29, 1.82) is 0 Å². The molecule has 1 aliphatic rings. The van der Waals surface area contributed by atoms with Gasteiger partial charge < -0.3 is 0 Å². The predicted molar refractivity (Wildman–Crippen MR) is 100 cm³/mol. The molecule has 1 N–H and O–H groups in total. The highest BCUT2D eigenvalue weighted by atomic mass is 32.2. The molecule has 120 valence electrons. The van der Waals surface area contributed by atoms with Crippen LogP contribution in [0.2, 0.25) is 0 Å². The third kappa shape index (κ3) is 3.78. The molecule has 0 amide bonds. The van der Waals surface area contributed by atoms with E-state index in [1.165, 1.54) is 9.63 Å². The first-order chi connectivity index (χ1) is 10.4. The van der Waals surface area contributed by atoms with Gasteiger partial charge in [0.2, 0.25) is 6.21 Å². The quantitative estimate of drug-likeness (QED) is 0.214. The molecule has 0 saturated carbocycles. The summed E-state index contributed by atoms with van der Waals surface area (Å²) in [7, 11) is 0. The van der Waals surface area contributed by atoms with Crippen LogP contribution in [0, 0.1) is 0 Å². The molecule has 2 rings (SSSR count). The van der Waals surface area contributed by atoms with Crippen molar-refractivity contribution >= 4 is 46.3 Å². The molecule has 1 unspecified atom stereocenters. The minimum absolute atomic E-state index is 0.148. The summed E-state index contributed by atoms with van der Waals surface area (Å²) in [5.41, 5.74) is 0.982. The Morgan fingerprint density at radius 3 is 2.59 bits per heavy atom. The number of nitrogens with zero attached hydrogens (tertiary/aromatic N) is 2. The van der Waals surface area contributed by atoms with Crippen LogP contribution in [0.25, 0.3) is 0 Å². The SMILES string of the molecule is CCCN1C(=S)SC(C)(C)C1[N+](O)=Cc1ccc(SC)cc1. The molecule has 6 heteroatoms. The molecule has 1 atom stereocenters. The lowest BCUT2D eigenvalue weighted by Gasteiger charge is -2.24. The smallest absolute Gasteiger partial charge is 0.292 e. The zero-order chi connectivity index (χ0) is 16.3. The summed E-state index contributed by atoms with van der Waals surface area (Å²) in [4.78, 5) is 3.33. The molecular weight excluding hydrogens is 332 g/mol. The summed E-state index contributed by atoms with van der Waals surface area (Å²) in [6.45, 7) is 7.23. The zero-order valence-electron chi connectivity index (χ0n) is 13.4. The van der Waals surface area contributed by atoms with E-state index in [0.717, 1.165) is 22.8 Å². The second kappa shape index (κ2) is 7.23. The lowest BCUT2D eigenvalue weighted by atomic mass is 10.1. The van der Waals surface area contributed by atoms with Crippen molar-refractivity contribution in [3.8, 4) is 0 Å². The van der Waals surface area contributed by atoms with Gasteiger partial charge in [0.05, 0.1) is 0 Å². The van der Waals surface area contributed by atoms with Crippen molar-refractivity contribution in [2.24, 2.45) is 0 Å².